The zero-order valence-corrected chi connectivity index (χ0v) is 21.6. The predicted molar refractivity (Wildman–Crippen MR) is 147 cm³/mol. The molecule has 1 aliphatic rings. The van der Waals surface area contributed by atoms with Crippen LogP contribution in [0.2, 0.25) is 0 Å². The highest BCUT2D eigenvalue weighted by Crippen LogP contribution is 2.30. The highest BCUT2D eigenvalue weighted by atomic mass is 16.2. The van der Waals surface area contributed by atoms with Gasteiger partial charge in [0.2, 0.25) is 0 Å². The first-order valence-electron chi connectivity index (χ1n) is 12.5. The standard InChI is InChI=1S/C32H30N2O3/c1-21-11-13-23(14-12-21)29(35)33(25-17-15-24(16-18-25)32(2,3)4)19-20-34-30(36)26-9-5-7-22-8-6-10-27(28(22)26)31(34)37/h5-18H,19-20H2,1-4H3. The number of imide groups is 1. The Morgan fingerprint density at radius 2 is 1.35 bits per heavy atom. The summed E-state index contributed by atoms with van der Waals surface area (Å²) in [5.41, 5.74) is 4.50. The van der Waals surface area contributed by atoms with E-state index >= 15 is 0 Å². The maximum Gasteiger partial charge on any atom is 0.261 e. The Balaban J connectivity index is 1.47. The normalized spacial score (nSPS) is 13.2. The number of rotatable bonds is 5. The van der Waals surface area contributed by atoms with Gasteiger partial charge in [-0.1, -0.05) is 74.9 Å². The lowest BCUT2D eigenvalue weighted by Gasteiger charge is -2.30. The summed E-state index contributed by atoms with van der Waals surface area (Å²) < 4.78 is 0. The fourth-order valence-electron chi connectivity index (χ4n) is 4.82. The van der Waals surface area contributed by atoms with E-state index < -0.39 is 0 Å². The largest absolute Gasteiger partial charge is 0.307 e. The molecule has 0 saturated carbocycles. The van der Waals surface area contributed by atoms with Crippen molar-refractivity contribution < 1.29 is 14.4 Å². The second kappa shape index (κ2) is 9.32. The molecular weight excluding hydrogens is 460 g/mol. The van der Waals surface area contributed by atoms with Crippen molar-refractivity contribution in [3.8, 4) is 0 Å². The molecule has 186 valence electrons. The van der Waals surface area contributed by atoms with Crippen LogP contribution in [0.4, 0.5) is 5.69 Å². The van der Waals surface area contributed by atoms with Crippen LogP contribution in [0.3, 0.4) is 0 Å². The number of hydrogen-bond donors (Lipinski definition) is 0. The van der Waals surface area contributed by atoms with Gasteiger partial charge in [-0.3, -0.25) is 19.3 Å². The molecule has 0 radical (unpaired) electrons. The quantitative estimate of drug-likeness (QED) is 0.305. The van der Waals surface area contributed by atoms with Crippen LogP contribution in [-0.2, 0) is 5.41 Å². The van der Waals surface area contributed by atoms with E-state index in [2.05, 4.69) is 20.8 Å². The van der Waals surface area contributed by atoms with Crippen molar-refractivity contribution in [2.45, 2.75) is 33.1 Å². The van der Waals surface area contributed by atoms with Crippen LogP contribution in [0.15, 0.2) is 84.9 Å². The SMILES string of the molecule is Cc1ccc(C(=O)N(CCN2C(=O)c3cccc4cccc(c34)C2=O)c2ccc(C(C)(C)C)cc2)cc1. The number of amides is 3. The maximum absolute atomic E-state index is 13.7. The molecule has 0 saturated heterocycles. The van der Waals surface area contributed by atoms with E-state index in [1.165, 1.54) is 4.90 Å². The third kappa shape index (κ3) is 4.53. The van der Waals surface area contributed by atoms with Gasteiger partial charge in [-0.2, -0.15) is 0 Å². The van der Waals surface area contributed by atoms with Crippen LogP contribution in [0.1, 0.15) is 63.0 Å². The average molecular weight is 491 g/mol. The molecule has 3 amide bonds. The van der Waals surface area contributed by atoms with Crippen LogP contribution in [-0.4, -0.2) is 35.7 Å². The number of nitrogens with zero attached hydrogens (tertiary/aromatic N) is 2. The van der Waals surface area contributed by atoms with Crippen LogP contribution in [0, 0.1) is 6.92 Å². The maximum atomic E-state index is 13.7. The van der Waals surface area contributed by atoms with Gasteiger partial charge < -0.3 is 4.90 Å². The number of benzene rings is 4. The number of anilines is 1. The van der Waals surface area contributed by atoms with Crippen molar-refractivity contribution in [1.29, 1.82) is 0 Å². The van der Waals surface area contributed by atoms with Gasteiger partial charge in [0.1, 0.15) is 0 Å². The van der Waals surface area contributed by atoms with E-state index in [0.29, 0.717) is 22.1 Å². The molecule has 0 N–H and O–H groups in total. The molecule has 1 aliphatic heterocycles. The molecule has 0 aliphatic carbocycles. The molecule has 4 aromatic rings. The van der Waals surface area contributed by atoms with Crippen molar-refractivity contribution in [3.05, 3.63) is 113 Å². The van der Waals surface area contributed by atoms with Gasteiger partial charge in [-0.25, -0.2) is 0 Å². The molecule has 0 fully saturated rings. The smallest absolute Gasteiger partial charge is 0.261 e. The Kier molecular flexibility index (Phi) is 6.16. The van der Waals surface area contributed by atoms with Crippen molar-refractivity contribution >= 4 is 34.2 Å². The molecule has 0 bridgehead atoms. The molecule has 1 heterocycles. The van der Waals surface area contributed by atoms with E-state index in [9.17, 15) is 14.4 Å². The molecule has 5 nitrogen and oxygen atoms in total. The monoisotopic (exact) mass is 490 g/mol. The second-order valence-corrected chi connectivity index (χ2v) is 10.6. The minimum atomic E-state index is -0.333. The third-order valence-electron chi connectivity index (χ3n) is 6.99. The van der Waals surface area contributed by atoms with Crippen molar-refractivity contribution in [3.63, 3.8) is 0 Å². The van der Waals surface area contributed by atoms with Crippen molar-refractivity contribution in [2.24, 2.45) is 0 Å². The Labute approximate surface area is 217 Å². The third-order valence-corrected chi connectivity index (χ3v) is 6.99. The van der Waals surface area contributed by atoms with Gasteiger partial charge in [-0.15, -0.1) is 0 Å². The Bertz CT molecular complexity index is 1460. The molecule has 4 aromatic carbocycles. The van der Waals surface area contributed by atoms with Gasteiger partial charge in [0.25, 0.3) is 17.7 Å². The lowest BCUT2D eigenvalue weighted by atomic mass is 9.87. The molecular formula is C32H30N2O3. The molecule has 37 heavy (non-hydrogen) atoms. The van der Waals surface area contributed by atoms with Crippen LogP contribution in [0.25, 0.3) is 10.8 Å². The first-order chi connectivity index (χ1) is 17.6. The van der Waals surface area contributed by atoms with E-state index in [-0.39, 0.29) is 36.2 Å². The minimum Gasteiger partial charge on any atom is -0.307 e. The van der Waals surface area contributed by atoms with E-state index in [1.807, 2.05) is 79.7 Å². The highest BCUT2D eigenvalue weighted by molar-refractivity contribution is 6.25. The lowest BCUT2D eigenvalue weighted by Crippen LogP contribution is -2.46. The summed E-state index contributed by atoms with van der Waals surface area (Å²) in [5, 5.41) is 1.56. The Morgan fingerprint density at radius 1 is 0.784 bits per heavy atom. The number of carbonyl (C=O) groups excluding carboxylic acids is 3. The summed E-state index contributed by atoms with van der Waals surface area (Å²) in [7, 11) is 0. The van der Waals surface area contributed by atoms with Gasteiger partial charge in [0.05, 0.1) is 0 Å². The van der Waals surface area contributed by atoms with E-state index in [4.69, 9.17) is 0 Å². The van der Waals surface area contributed by atoms with Crippen LogP contribution >= 0.6 is 0 Å². The molecule has 0 atom stereocenters. The number of carbonyl (C=O) groups is 3. The molecule has 5 heteroatoms. The zero-order valence-electron chi connectivity index (χ0n) is 21.6. The topological polar surface area (TPSA) is 57.7 Å². The second-order valence-electron chi connectivity index (χ2n) is 10.6. The highest BCUT2D eigenvalue weighted by Gasteiger charge is 2.33. The number of hydrogen-bond acceptors (Lipinski definition) is 3. The summed E-state index contributed by atoms with van der Waals surface area (Å²) in [5.74, 6) is -0.844. The molecule has 0 unspecified atom stereocenters. The zero-order chi connectivity index (χ0) is 26.3. The van der Waals surface area contributed by atoms with Gasteiger partial charge >= 0.3 is 0 Å². The predicted octanol–water partition coefficient (Wildman–Crippen LogP) is 6.39. The fraction of sp³-hybridized carbons (Fsp3) is 0.219. The van der Waals surface area contributed by atoms with Crippen LogP contribution in [0.5, 0.6) is 0 Å². The van der Waals surface area contributed by atoms with Crippen molar-refractivity contribution in [2.75, 3.05) is 18.0 Å². The minimum absolute atomic E-state index is 0.0224. The summed E-state index contributed by atoms with van der Waals surface area (Å²) in [4.78, 5) is 43.4. The summed E-state index contributed by atoms with van der Waals surface area (Å²) in [6.07, 6.45) is 0. The van der Waals surface area contributed by atoms with Crippen LogP contribution < -0.4 is 4.90 Å². The summed E-state index contributed by atoms with van der Waals surface area (Å²) in [6.45, 7) is 8.66. The summed E-state index contributed by atoms with van der Waals surface area (Å²) >= 11 is 0. The van der Waals surface area contributed by atoms with Gasteiger partial charge in [-0.05, 0) is 59.7 Å². The molecule has 0 aromatic heterocycles. The van der Waals surface area contributed by atoms with E-state index in [1.54, 1.807) is 17.0 Å². The first-order valence-corrected chi connectivity index (χ1v) is 12.5. The van der Waals surface area contributed by atoms with E-state index in [0.717, 1.165) is 22.2 Å². The number of aryl methyl sites for hydroxylation is 1. The summed E-state index contributed by atoms with van der Waals surface area (Å²) in [6, 6.07) is 26.3. The first kappa shape index (κ1) is 24.4. The van der Waals surface area contributed by atoms with Gasteiger partial charge in [0, 0.05) is 40.9 Å². The van der Waals surface area contributed by atoms with Gasteiger partial charge in [0.15, 0.2) is 0 Å². The lowest BCUT2D eigenvalue weighted by molar-refractivity contribution is 0.0611. The average Bonchev–Trinajstić information content (AvgIpc) is 2.89. The molecule has 0 spiro atoms. The Hall–Kier alpha value is -4.25. The van der Waals surface area contributed by atoms with Crippen molar-refractivity contribution in [1.82, 2.24) is 4.90 Å². The molecule has 5 rings (SSSR count). The Morgan fingerprint density at radius 3 is 1.89 bits per heavy atom. The fourth-order valence-corrected chi connectivity index (χ4v) is 4.82.